The van der Waals surface area contributed by atoms with Crippen LogP contribution < -0.4 is 11.1 Å². The van der Waals surface area contributed by atoms with Crippen molar-refractivity contribution in [1.82, 2.24) is 5.32 Å². The molecular formula is C7H18N2O. The molecule has 0 amide bonds. The quantitative estimate of drug-likeness (QED) is 0.429. The van der Waals surface area contributed by atoms with Gasteiger partial charge in [0.25, 0.3) is 0 Å². The molecule has 3 heteroatoms. The minimum atomic E-state index is 0.639. The van der Waals surface area contributed by atoms with E-state index in [9.17, 15) is 4.79 Å². The minimum Gasteiger partial charge on any atom is -0.333 e. The van der Waals surface area contributed by atoms with Crippen molar-refractivity contribution in [2.24, 2.45) is 5.73 Å². The van der Waals surface area contributed by atoms with Crippen LogP contribution in [0.3, 0.4) is 0 Å². The Morgan fingerprint density at radius 2 is 2.00 bits per heavy atom. The molecule has 0 aliphatic rings. The van der Waals surface area contributed by atoms with Crippen molar-refractivity contribution in [2.45, 2.75) is 19.8 Å². The maximum atomic E-state index is 9.73. The first kappa shape index (κ1) is 12.3. The SMILES string of the molecule is CCCNCCC=O.CN. The molecule has 62 valence electrons. The molecule has 3 N–H and O–H groups in total. The summed E-state index contributed by atoms with van der Waals surface area (Å²) in [6.45, 7) is 3.96. The van der Waals surface area contributed by atoms with Crippen molar-refractivity contribution in [2.75, 3.05) is 20.1 Å². The van der Waals surface area contributed by atoms with Gasteiger partial charge in [0.1, 0.15) is 6.29 Å². The van der Waals surface area contributed by atoms with Gasteiger partial charge in [-0.05, 0) is 20.0 Å². The van der Waals surface area contributed by atoms with Crippen LogP contribution in [0.4, 0.5) is 0 Å². The van der Waals surface area contributed by atoms with Crippen molar-refractivity contribution in [3.8, 4) is 0 Å². The lowest BCUT2D eigenvalue weighted by atomic mass is 10.4. The van der Waals surface area contributed by atoms with Gasteiger partial charge in [0.05, 0.1) is 0 Å². The first-order chi connectivity index (χ1) is 4.91. The molecule has 0 rings (SSSR count). The van der Waals surface area contributed by atoms with Crippen molar-refractivity contribution >= 4 is 6.29 Å². The molecule has 0 bridgehead atoms. The third kappa shape index (κ3) is 15.6. The highest BCUT2D eigenvalue weighted by Gasteiger charge is 1.80. The fourth-order valence-electron chi connectivity index (χ4n) is 0.463. The van der Waals surface area contributed by atoms with Crippen LogP contribution in [0.25, 0.3) is 0 Å². The van der Waals surface area contributed by atoms with Crippen LogP contribution in [0, 0.1) is 0 Å². The van der Waals surface area contributed by atoms with Gasteiger partial charge in [-0.2, -0.15) is 0 Å². The van der Waals surface area contributed by atoms with E-state index >= 15 is 0 Å². The monoisotopic (exact) mass is 146 g/mol. The maximum absolute atomic E-state index is 9.73. The average molecular weight is 146 g/mol. The second-order valence-electron chi connectivity index (χ2n) is 1.71. The molecule has 0 aliphatic heterocycles. The van der Waals surface area contributed by atoms with E-state index in [0.29, 0.717) is 6.42 Å². The zero-order chi connectivity index (χ0) is 8.24. The van der Waals surface area contributed by atoms with E-state index < -0.39 is 0 Å². The number of aldehydes is 1. The normalized spacial score (nSPS) is 7.90. The average Bonchev–Trinajstić information content (AvgIpc) is 2.02. The first-order valence-corrected chi connectivity index (χ1v) is 3.64. The second-order valence-corrected chi connectivity index (χ2v) is 1.71. The Labute approximate surface area is 63.0 Å². The van der Waals surface area contributed by atoms with E-state index in [0.717, 1.165) is 25.8 Å². The molecule has 3 nitrogen and oxygen atoms in total. The van der Waals surface area contributed by atoms with Gasteiger partial charge in [-0.3, -0.25) is 0 Å². The Balaban J connectivity index is 0. The summed E-state index contributed by atoms with van der Waals surface area (Å²) in [6.07, 6.45) is 2.71. The number of hydrogen-bond donors (Lipinski definition) is 2. The fraction of sp³-hybridized carbons (Fsp3) is 0.857. The predicted octanol–water partition coefficient (Wildman–Crippen LogP) is 0.150. The van der Waals surface area contributed by atoms with Crippen LogP contribution in [0.1, 0.15) is 19.8 Å². The van der Waals surface area contributed by atoms with Crippen LogP contribution in [0.15, 0.2) is 0 Å². The first-order valence-electron chi connectivity index (χ1n) is 3.64. The molecule has 0 aromatic heterocycles. The number of nitrogens with two attached hydrogens (primary N) is 1. The molecule has 0 aromatic rings. The van der Waals surface area contributed by atoms with Crippen LogP contribution in [-0.2, 0) is 4.79 Å². The molecule has 0 heterocycles. The van der Waals surface area contributed by atoms with Gasteiger partial charge in [0, 0.05) is 13.0 Å². The number of carbonyl (C=O) groups is 1. The highest BCUT2D eigenvalue weighted by atomic mass is 16.1. The van der Waals surface area contributed by atoms with Crippen molar-refractivity contribution in [1.29, 1.82) is 0 Å². The Kier molecular flexibility index (Phi) is 19.5. The van der Waals surface area contributed by atoms with E-state index in [4.69, 9.17) is 0 Å². The summed E-state index contributed by atoms with van der Waals surface area (Å²) in [5.41, 5.74) is 4.50. The lowest BCUT2D eigenvalue weighted by Gasteiger charge is -1.95. The number of nitrogens with one attached hydrogen (secondary N) is 1. The predicted molar refractivity (Wildman–Crippen MR) is 44.0 cm³/mol. The smallest absolute Gasteiger partial charge is 0.121 e. The molecule has 0 fully saturated rings. The van der Waals surface area contributed by atoms with Gasteiger partial charge in [0.15, 0.2) is 0 Å². The van der Waals surface area contributed by atoms with Crippen LogP contribution in [0.5, 0.6) is 0 Å². The maximum Gasteiger partial charge on any atom is 0.121 e. The summed E-state index contributed by atoms with van der Waals surface area (Å²) in [6, 6.07) is 0. The summed E-state index contributed by atoms with van der Waals surface area (Å²) in [7, 11) is 1.50. The molecule has 0 spiro atoms. The van der Waals surface area contributed by atoms with Crippen molar-refractivity contribution in [3.05, 3.63) is 0 Å². The lowest BCUT2D eigenvalue weighted by molar-refractivity contribution is -0.107. The Morgan fingerprint density at radius 3 is 2.40 bits per heavy atom. The molecule has 0 aromatic carbocycles. The second kappa shape index (κ2) is 15.8. The molecule has 10 heavy (non-hydrogen) atoms. The number of carbonyl (C=O) groups excluding carboxylic acids is 1. The Hall–Kier alpha value is -0.410. The summed E-state index contributed by atoms with van der Waals surface area (Å²) in [5, 5.41) is 3.10. The van der Waals surface area contributed by atoms with E-state index in [1.54, 1.807) is 0 Å². The zero-order valence-electron chi connectivity index (χ0n) is 6.89. The van der Waals surface area contributed by atoms with Gasteiger partial charge in [-0.15, -0.1) is 0 Å². The summed E-state index contributed by atoms with van der Waals surface area (Å²) in [5.74, 6) is 0. The highest BCUT2D eigenvalue weighted by Crippen LogP contribution is 1.70. The highest BCUT2D eigenvalue weighted by molar-refractivity contribution is 5.49. The summed E-state index contributed by atoms with van der Waals surface area (Å²) >= 11 is 0. The van der Waals surface area contributed by atoms with Crippen molar-refractivity contribution in [3.63, 3.8) is 0 Å². The molecule has 0 radical (unpaired) electrons. The van der Waals surface area contributed by atoms with E-state index in [-0.39, 0.29) is 0 Å². The third-order valence-corrected chi connectivity index (χ3v) is 0.866. The zero-order valence-corrected chi connectivity index (χ0v) is 6.89. The third-order valence-electron chi connectivity index (χ3n) is 0.866. The topological polar surface area (TPSA) is 55.1 Å². The van der Waals surface area contributed by atoms with E-state index in [1.165, 1.54) is 7.05 Å². The number of rotatable bonds is 5. The summed E-state index contributed by atoms with van der Waals surface area (Å²) in [4.78, 5) is 9.73. The standard InChI is InChI=1S/C6H13NO.CH5N/c1-2-4-7-5-3-6-8;1-2/h6-7H,2-5H2,1H3;2H2,1H3. The molecule has 0 saturated carbocycles. The van der Waals surface area contributed by atoms with E-state index in [1.807, 2.05) is 0 Å². The molecule has 0 unspecified atom stereocenters. The van der Waals surface area contributed by atoms with Gasteiger partial charge >= 0.3 is 0 Å². The number of hydrogen-bond acceptors (Lipinski definition) is 3. The summed E-state index contributed by atoms with van der Waals surface area (Å²) < 4.78 is 0. The van der Waals surface area contributed by atoms with Gasteiger partial charge in [-0.1, -0.05) is 6.92 Å². The fourth-order valence-corrected chi connectivity index (χ4v) is 0.463. The van der Waals surface area contributed by atoms with E-state index in [2.05, 4.69) is 18.0 Å². The molecule has 0 saturated heterocycles. The molecule has 0 aliphatic carbocycles. The van der Waals surface area contributed by atoms with Gasteiger partial charge in [0.2, 0.25) is 0 Å². The van der Waals surface area contributed by atoms with Crippen LogP contribution in [-0.4, -0.2) is 26.4 Å². The lowest BCUT2D eigenvalue weighted by Crippen LogP contribution is -2.15. The van der Waals surface area contributed by atoms with Gasteiger partial charge < -0.3 is 15.8 Å². The molecular weight excluding hydrogens is 128 g/mol. The van der Waals surface area contributed by atoms with Crippen molar-refractivity contribution < 1.29 is 4.79 Å². The molecule has 0 atom stereocenters. The largest absolute Gasteiger partial charge is 0.333 e. The van der Waals surface area contributed by atoms with Gasteiger partial charge in [-0.25, -0.2) is 0 Å². The van der Waals surface area contributed by atoms with Crippen LogP contribution >= 0.6 is 0 Å². The van der Waals surface area contributed by atoms with Crippen LogP contribution in [0.2, 0.25) is 0 Å². The Morgan fingerprint density at radius 1 is 1.40 bits per heavy atom. The minimum absolute atomic E-state index is 0.639. The Bertz CT molecular complexity index is 57.6.